The van der Waals surface area contributed by atoms with E-state index < -0.39 is 5.92 Å². The number of alkyl halides is 2. The second-order valence-corrected chi connectivity index (χ2v) is 3.61. The first-order valence-electron chi connectivity index (χ1n) is 4.71. The fraction of sp³-hybridized carbons (Fsp3) is 0.400. The van der Waals surface area contributed by atoms with Gasteiger partial charge in [-0.3, -0.25) is 0 Å². The minimum Gasteiger partial charge on any atom is -0.383 e. The van der Waals surface area contributed by atoms with Gasteiger partial charge >= 0.3 is 0 Å². The van der Waals surface area contributed by atoms with Crippen molar-refractivity contribution in [3.8, 4) is 0 Å². The zero-order valence-corrected chi connectivity index (χ0v) is 8.08. The lowest BCUT2D eigenvalue weighted by Gasteiger charge is -2.21. The third-order valence-corrected chi connectivity index (χ3v) is 2.50. The van der Waals surface area contributed by atoms with Crippen LogP contribution in [-0.4, -0.2) is 15.9 Å². The SMILES string of the molecule is Nc1ncncc1C1=CCC(F)(F)CC1. The zero-order chi connectivity index (χ0) is 10.9. The lowest BCUT2D eigenvalue weighted by Crippen LogP contribution is -2.18. The third-order valence-electron chi connectivity index (χ3n) is 2.50. The number of aromatic nitrogens is 2. The van der Waals surface area contributed by atoms with Gasteiger partial charge in [0, 0.05) is 24.6 Å². The van der Waals surface area contributed by atoms with Gasteiger partial charge in [0.15, 0.2) is 0 Å². The summed E-state index contributed by atoms with van der Waals surface area (Å²) in [5, 5.41) is 0. The predicted octanol–water partition coefficient (Wildman–Crippen LogP) is 2.26. The number of nitrogens with two attached hydrogens (primary N) is 1. The second kappa shape index (κ2) is 3.56. The van der Waals surface area contributed by atoms with E-state index in [1.807, 2.05) is 0 Å². The predicted molar refractivity (Wildman–Crippen MR) is 53.2 cm³/mol. The average Bonchev–Trinajstić information content (AvgIpc) is 2.19. The van der Waals surface area contributed by atoms with Crippen molar-refractivity contribution in [2.75, 3.05) is 5.73 Å². The molecular formula is C10H11F2N3. The van der Waals surface area contributed by atoms with Crippen molar-refractivity contribution >= 4 is 11.4 Å². The van der Waals surface area contributed by atoms with Gasteiger partial charge in [-0.1, -0.05) is 6.08 Å². The normalized spacial score (nSPS) is 19.7. The van der Waals surface area contributed by atoms with Crippen LogP contribution >= 0.6 is 0 Å². The largest absolute Gasteiger partial charge is 0.383 e. The van der Waals surface area contributed by atoms with E-state index in [2.05, 4.69) is 9.97 Å². The van der Waals surface area contributed by atoms with Gasteiger partial charge in [-0.2, -0.15) is 0 Å². The van der Waals surface area contributed by atoms with Crippen LogP contribution in [0.1, 0.15) is 24.8 Å². The third kappa shape index (κ3) is 2.11. The number of nitrogens with zero attached hydrogens (tertiary/aromatic N) is 2. The second-order valence-electron chi connectivity index (χ2n) is 3.61. The maximum absolute atomic E-state index is 12.9. The fourth-order valence-electron chi connectivity index (χ4n) is 1.63. The molecule has 0 aliphatic heterocycles. The van der Waals surface area contributed by atoms with E-state index in [0.717, 1.165) is 5.57 Å². The van der Waals surface area contributed by atoms with E-state index in [9.17, 15) is 8.78 Å². The minimum absolute atomic E-state index is 0.132. The summed E-state index contributed by atoms with van der Waals surface area (Å²) < 4.78 is 25.8. The fourth-order valence-corrected chi connectivity index (χ4v) is 1.63. The Bertz CT molecular complexity index is 401. The highest BCUT2D eigenvalue weighted by Gasteiger charge is 2.31. The molecule has 1 aliphatic rings. The molecule has 0 bridgehead atoms. The lowest BCUT2D eigenvalue weighted by atomic mass is 9.92. The van der Waals surface area contributed by atoms with Crippen molar-refractivity contribution in [3.63, 3.8) is 0 Å². The van der Waals surface area contributed by atoms with Gasteiger partial charge in [0.2, 0.25) is 0 Å². The number of allylic oxidation sites excluding steroid dienone is 2. The Morgan fingerprint density at radius 1 is 1.40 bits per heavy atom. The molecule has 0 aromatic carbocycles. The van der Waals surface area contributed by atoms with Crippen LogP contribution in [0.5, 0.6) is 0 Å². The van der Waals surface area contributed by atoms with E-state index in [1.54, 1.807) is 6.20 Å². The number of anilines is 1. The Labute approximate surface area is 86.0 Å². The molecule has 80 valence electrons. The van der Waals surface area contributed by atoms with Crippen molar-refractivity contribution < 1.29 is 8.78 Å². The van der Waals surface area contributed by atoms with Crippen LogP contribution in [0.25, 0.3) is 5.57 Å². The molecule has 0 saturated heterocycles. The highest BCUT2D eigenvalue weighted by molar-refractivity contribution is 5.72. The van der Waals surface area contributed by atoms with E-state index >= 15 is 0 Å². The molecule has 0 spiro atoms. The number of halogens is 2. The topological polar surface area (TPSA) is 51.8 Å². The van der Waals surface area contributed by atoms with Gasteiger partial charge in [-0.25, -0.2) is 18.7 Å². The summed E-state index contributed by atoms with van der Waals surface area (Å²) >= 11 is 0. The van der Waals surface area contributed by atoms with Crippen LogP contribution < -0.4 is 5.73 Å². The first kappa shape index (κ1) is 10.0. The van der Waals surface area contributed by atoms with E-state index in [4.69, 9.17) is 5.73 Å². The monoisotopic (exact) mass is 211 g/mol. The van der Waals surface area contributed by atoms with Gasteiger partial charge in [0.05, 0.1) is 0 Å². The van der Waals surface area contributed by atoms with Crippen LogP contribution in [-0.2, 0) is 0 Å². The van der Waals surface area contributed by atoms with Crippen LogP contribution in [0, 0.1) is 0 Å². The summed E-state index contributed by atoms with van der Waals surface area (Å²) in [5.74, 6) is -2.23. The molecule has 0 radical (unpaired) electrons. The first-order valence-corrected chi connectivity index (χ1v) is 4.71. The molecule has 0 saturated carbocycles. The molecule has 5 heteroatoms. The molecule has 3 nitrogen and oxygen atoms in total. The summed E-state index contributed by atoms with van der Waals surface area (Å²) in [6.45, 7) is 0. The lowest BCUT2D eigenvalue weighted by molar-refractivity contribution is -0.00603. The zero-order valence-electron chi connectivity index (χ0n) is 8.08. The molecule has 1 aliphatic carbocycles. The van der Waals surface area contributed by atoms with E-state index in [-0.39, 0.29) is 12.8 Å². The van der Waals surface area contributed by atoms with E-state index in [1.165, 1.54) is 12.4 Å². The molecule has 0 amide bonds. The number of rotatable bonds is 1. The highest BCUT2D eigenvalue weighted by atomic mass is 19.3. The first-order chi connectivity index (χ1) is 7.08. The molecule has 2 rings (SSSR count). The molecule has 15 heavy (non-hydrogen) atoms. The maximum Gasteiger partial charge on any atom is 0.251 e. The Kier molecular flexibility index (Phi) is 2.38. The van der Waals surface area contributed by atoms with Crippen molar-refractivity contribution in [1.29, 1.82) is 0 Å². The quantitative estimate of drug-likeness (QED) is 0.775. The molecule has 0 fully saturated rings. The molecule has 2 N–H and O–H groups in total. The molecule has 0 unspecified atom stereocenters. The summed E-state index contributed by atoms with van der Waals surface area (Å²) in [6.07, 6.45) is 4.40. The molecule has 1 heterocycles. The van der Waals surface area contributed by atoms with Gasteiger partial charge in [-0.15, -0.1) is 0 Å². The smallest absolute Gasteiger partial charge is 0.251 e. The van der Waals surface area contributed by atoms with E-state index in [0.29, 0.717) is 17.8 Å². The van der Waals surface area contributed by atoms with Crippen molar-refractivity contribution in [3.05, 3.63) is 24.2 Å². The van der Waals surface area contributed by atoms with Gasteiger partial charge in [0.1, 0.15) is 12.1 Å². The highest BCUT2D eigenvalue weighted by Crippen LogP contribution is 2.36. The van der Waals surface area contributed by atoms with Crippen LogP contribution in [0.3, 0.4) is 0 Å². The Morgan fingerprint density at radius 2 is 2.20 bits per heavy atom. The van der Waals surface area contributed by atoms with Gasteiger partial charge in [0.25, 0.3) is 5.92 Å². The van der Waals surface area contributed by atoms with Gasteiger partial charge < -0.3 is 5.73 Å². The Balaban J connectivity index is 2.27. The molecule has 1 aromatic heterocycles. The number of hydrogen-bond donors (Lipinski definition) is 1. The summed E-state index contributed by atoms with van der Waals surface area (Å²) in [6, 6.07) is 0. The van der Waals surface area contributed by atoms with Crippen LogP contribution in [0.4, 0.5) is 14.6 Å². The van der Waals surface area contributed by atoms with Crippen LogP contribution in [0.2, 0.25) is 0 Å². The molecule has 0 atom stereocenters. The summed E-state index contributed by atoms with van der Waals surface area (Å²) in [7, 11) is 0. The molecule has 1 aromatic rings. The van der Waals surface area contributed by atoms with Crippen molar-refractivity contribution in [1.82, 2.24) is 9.97 Å². The van der Waals surface area contributed by atoms with Gasteiger partial charge in [-0.05, 0) is 12.0 Å². The minimum atomic E-state index is -2.58. The summed E-state index contributed by atoms with van der Waals surface area (Å²) in [5.41, 5.74) is 7.13. The standard InChI is InChI=1S/C10H11F2N3/c11-10(12)3-1-7(2-4-10)8-5-14-6-15-9(8)13/h1,5-6H,2-4H2,(H2,13,14,15). The molecular weight excluding hydrogens is 200 g/mol. The maximum atomic E-state index is 12.9. The average molecular weight is 211 g/mol. The Hall–Kier alpha value is -1.52. The number of nitrogen functional groups attached to an aromatic ring is 1. The Morgan fingerprint density at radius 3 is 2.80 bits per heavy atom. The van der Waals surface area contributed by atoms with Crippen molar-refractivity contribution in [2.24, 2.45) is 0 Å². The summed E-state index contributed by atoms with van der Waals surface area (Å²) in [4.78, 5) is 7.67. The van der Waals surface area contributed by atoms with Crippen molar-refractivity contribution in [2.45, 2.75) is 25.2 Å². The van der Waals surface area contributed by atoms with Crippen LogP contribution in [0.15, 0.2) is 18.6 Å². The number of hydrogen-bond acceptors (Lipinski definition) is 3.